The van der Waals surface area contributed by atoms with Crippen molar-refractivity contribution in [2.45, 2.75) is 160 Å². The largest absolute Gasteiger partial charge is 0.481 e. The highest BCUT2D eigenvalue weighted by molar-refractivity contribution is 7.98. The van der Waals surface area contributed by atoms with E-state index in [9.17, 15) is 72.9 Å². The average Bonchev–Trinajstić information content (AvgIpc) is 3.82. The Morgan fingerprint density at radius 2 is 1.00 bits per heavy atom. The number of unbranched alkanes of at least 4 members (excludes halogenated alkanes) is 1. The molecule has 75 heavy (non-hydrogen) atoms. The van der Waals surface area contributed by atoms with Gasteiger partial charge >= 0.3 is 17.9 Å². The van der Waals surface area contributed by atoms with Gasteiger partial charge in [0.1, 0.15) is 48.3 Å². The fourth-order valence-electron chi connectivity index (χ4n) is 7.26. The molecule has 0 saturated carbocycles. The Kier molecular flexibility index (Phi) is 29.8. The number of H-pyrrole nitrogens is 1. The summed E-state index contributed by atoms with van der Waals surface area (Å²) in [6.45, 7) is 10.2. The molecule has 9 unspecified atom stereocenters. The monoisotopic (exact) mass is 1080 g/mol. The maximum atomic E-state index is 14.1. The van der Waals surface area contributed by atoms with Crippen LogP contribution in [0.5, 0.6) is 0 Å². The van der Waals surface area contributed by atoms with Gasteiger partial charge in [0.25, 0.3) is 0 Å². The Bertz CT molecular complexity index is 2110. The van der Waals surface area contributed by atoms with Crippen molar-refractivity contribution < 1.29 is 72.9 Å². The van der Waals surface area contributed by atoms with E-state index in [-0.39, 0.29) is 62.7 Å². The van der Waals surface area contributed by atoms with E-state index in [1.165, 1.54) is 24.3 Å². The van der Waals surface area contributed by atoms with Gasteiger partial charge in [0.15, 0.2) is 0 Å². The van der Waals surface area contributed by atoms with E-state index in [4.69, 9.17) is 17.2 Å². The zero-order chi connectivity index (χ0) is 57.1. The first kappa shape index (κ1) is 66.1. The number of carboxylic acids is 3. The number of aromatic amines is 1. The second-order valence-electron chi connectivity index (χ2n) is 19.1. The van der Waals surface area contributed by atoms with E-state index in [2.05, 4.69) is 52.5 Å². The number of aromatic nitrogens is 2. The summed E-state index contributed by atoms with van der Waals surface area (Å²) in [6.07, 6.45) is 2.16. The topological polar surface area (TPSA) is 469 Å². The van der Waals surface area contributed by atoms with Crippen LogP contribution >= 0.6 is 11.8 Å². The van der Waals surface area contributed by atoms with E-state index >= 15 is 0 Å². The summed E-state index contributed by atoms with van der Waals surface area (Å²) in [5.41, 5.74) is 17.6. The average molecular weight is 1080 g/mol. The molecule has 28 nitrogen and oxygen atoms in total. The van der Waals surface area contributed by atoms with E-state index in [1.54, 1.807) is 47.8 Å². The summed E-state index contributed by atoms with van der Waals surface area (Å²) in [4.78, 5) is 164. The molecular weight excluding hydrogens is 1010 g/mol. The van der Waals surface area contributed by atoms with E-state index in [0.29, 0.717) is 12.1 Å². The summed E-state index contributed by atoms with van der Waals surface area (Å²) in [6, 6.07) is -13.6. The minimum Gasteiger partial charge on any atom is -0.481 e. The van der Waals surface area contributed by atoms with Crippen LogP contribution in [-0.2, 0) is 64.0 Å². The lowest BCUT2D eigenvalue weighted by molar-refractivity contribution is -0.144. The number of nitrogens with two attached hydrogens (primary N) is 3. The van der Waals surface area contributed by atoms with Crippen LogP contribution in [0.1, 0.15) is 105 Å². The van der Waals surface area contributed by atoms with Gasteiger partial charge in [0.2, 0.25) is 53.2 Å². The first-order chi connectivity index (χ1) is 35.1. The van der Waals surface area contributed by atoms with Crippen LogP contribution in [0.15, 0.2) is 12.5 Å². The van der Waals surface area contributed by atoms with Crippen molar-refractivity contribution in [1.82, 2.24) is 52.5 Å². The third kappa shape index (κ3) is 25.8. The van der Waals surface area contributed by atoms with Crippen LogP contribution in [-0.4, -0.2) is 169 Å². The minimum atomic E-state index is -1.76. The number of carbonyl (C=O) groups is 12. The van der Waals surface area contributed by atoms with Crippen LogP contribution in [0.4, 0.5) is 0 Å². The van der Waals surface area contributed by atoms with Gasteiger partial charge in [-0.3, -0.25) is 52.7 Å². The lowest BCUT2D eigenvalue weighted by Gasteiger charge is -2.29. The molecule has 0 aromatic carbocycles. The number of carboxylic acid groups (broad SMARTS) is 3. The van der Waals surface area contributed by atoms with Crippen molar-refractivity contribution in [1.29, 1.82) is 0 Å². The summed E-state index contributed by atoms with van der Waals surface area (Å²) < 4.78 is 0. The van der Waals surface area contributed by atoms with Crippen molar-refractivity contribution in [3.8, 4) is 0 Å². The molecule has 29 heteroatoms. The Labute approximate surface area is 438 Å². The number of hydrogen-bond donors (Lipinski definition) is 15. The maximum Gasteiger partial charge on any atom is 0.326 e. The number of nitrogens with zero attached hydrogens (tertiary/aromatic N) is 1. The Hall–Kier alpha value is -6.88. The molecule has 0 bridgehead atoms. The van der Waals surface area contributed by atoms with Gasteiger partial charge in [0, 0.05) is 18.3 Å². The van der Waals surface area contributed by atoms with Crippen LogP contribution in [0.3, 0.4) is 0 Å². The predicted molar refractivity (Wildman–Crippen MR) is 271 cm³/mol. The molecule has 422 valence electrons. The number of aliphatic carboxylic acids is 3. The van der Waals surface area contributed by atoms with Gasteiger partial charge in [-0.25, -0.2) is 9.78 Å². The van der Waals surface area contributed by atoms with Gasteiger partial charge in [-0.05, 0) is 74.8 Å². The number of primary amides is 1. The van der Waals surface area contributed by atoms with Crippen molar-refractivity contribution in [2.24, 2.45) is 35.0 Å². The normalized spacial score (nSPS) is 14.8. The summed E-state index contributed by atoms with van der Waals surface area (Å²) in [7, 11) is 0. The van der Waals surface area contributed by atoms with Crippen molar-refractivity contribution in [3.05, 3.63) is 18.2 Å². The molecule has 0 saturated heterocycles. The molecule has 0 fully saturated rings. The highest BCUT2D eigenvalue weighted by atomic mass is 32.2. The molecule has 9 atom stereocenters. The van der Waals surface area contributed by atoms with Gasteiger partial charge < -0.3 is 80.0 Å². The first-order valence-electron chi connectivity index (χ1n) is 24.4. The number of hydrogen-bond acceptors (Lipinski definition) is 16. The van der Waals surface area contributed by atoms with Crippen molar-refractivity contribution >= 4 is 82.8 Å². The molecule has 0 aliphatic heterocycles. The van der Waals surface area contributed by atoms with Gasteiger partial charge in [-0.1, -0.05) is 41.5 Å². The molecule has 0 radical (unpaired) electrons. The SMILES string of the molecule is CSCCC(NC(=O)C(CC(=O)O)NC(=O)C(N)Cc1cnc[nH]1)C(=O)NC(CC(N)=O)C(=O)NC(CCCCN)C(=O)NC(C(=O)NC(CC(C)C)C(=O)NC(CC(=O)O)C(=O)NC(CC(C)C)C(=O)O)C(C)C. The van der Waals surface area contributed by atoms with E-state index in [1.807, 2.05) is 0 Å². The predicted octanol–water partition coefficient (Wildman–Crippen LogP) is -3.30. The van der Waals surface area contributed by atoms with E-state index < -0.39 is 151 Å². The van der Waals surface area contributed by atoms with Gasteiger partial charge in [-0.2, -0.15) is 11.8 Å². The fourth-order valence-corrected chi connectivity index (χ4v) is 7.73. The lowest BCUT2D eigenvalue weighted by atomic mass is 9.98. The van der Waals surface area contributed by atoms with Crippen molar-refractivity contribution in [3.63, 3.8) is 0 Å². The summed E-state index contributed by atoms with van der Waals surface area (Å²) >= 11 is 1.27. The first-order valence-corrected chi connectivity index (χ1v) is 25.8. The summed E-state index contributed by atoms with van der Waals surface area (Å²) in [5.74, 6) is -14.3. The molecule has 18 N–H and O–H groups in total. The Morgan fingerprint density at radius 3 is 1.44 bits per heavy atom. The smallest absolute Gasteiger partial charge is 0.326 e. The third-order valence-corrected chi connectivity index (χ3v) is 11.8. The number of carbonyl (C=O) groups excluding carboxylic acids is 9. The molecule has 9 amide bonds. The van der Waals surface area contributed by atoms with Gasteiger partial charge in [0.05, 0.1) is 31.6 Å². The lowest BCUT2D eigenvalue weighted by Crippen LogP contribution is -2.61. The number of thioether (sulfide) groups is 1. The van der Waals surface area contributed by atoms with Crippen LogP contribution in [0, 0.1) is 17.8 Å². The molecule has 1 rings (SSSR count). The highest BCUT2D eigenvalue weighted by Crippen LogP contribution is 2.13. The van der Waals surface area contributed by atoms with Gasteiger partial charge in [-0.15, -0.1) is 0 Å². The number of nitrogens with one attached hydrogen (secondary N) is 9. The number of amides is 9. The highest BCUT2D eigenvalue weighted by Gasteiger charge is 2.37. The second kappa shape index (κ2) is 33.8. The zero-order valence-corrected chi connectivity index (χ0v) is 44.2. The van der Waals surface area contributed by atoms with Crippen LogP contribution < -0.4 is 59.7 Å². The molecular formula is C46H77N13O15S. The molecule has 1 aromatic rings. The van der Waals surface area contributed by atoms with Crippen molar-refractivity contribution in [2.75, 3.05) is 18.6 Å². The molecule has 0 spiro atoms. The Morgan fingerprint density at radius 1 is 0.573 bits per heavy atom. The second-order valence-corrected chi connectivity index (χ2v) is 20.1. The standard InChI is InChI=1S/C46H77N13O15S/c1-22(2)14-29(41(68)56-32(19-36(63)64)44(71)58-33(46(73)74)15-23(3)4)57-45(72)37(24(5)6)59-40(67)27(10-8-9-12-47)52-42(69)30(17-34(49)60)55-39(66)28(11-13-75-7)53-43(70)31(18-35(61)62)54-38(65)26(48)16-25-20-50-21-51-25/h20-24,26-33,37H,8-19,47-48H2,1-7H3,(H2,49,60)(H,50,51)(H,52,69)(H,53,70)(H,54,65)(H,55,66)(H,56,68)(H,57,72)(H,58,71)(H,59,67)(H,61,62)(H,63,64)(H,73,74). The Balaban J connectivity index is 3.43. The third-order valence-electron chi connectivity index (χ3n) is 11.1. The molecule has 0 aliphatic rings. The fraction of sp³-hybridized carbons (Fsp3) is 0.674. The van der Waals surface area contributed by atoms with E-state index in [0.717, 1.165) is 0 Å². The number of rotatable bonds is 37. The quantitative estimate of drug-likeness (QED) is 0.0290. The van der Waals surface area contributed by atoms with Crippen LogP contribution in [0.2, 0.25) is 0 Å². The number of imidazole rings is 1. The minimum absolute atomic E-state index is 0.000480. The summed E-state index contributed by atoms with van der Waals surface area (Å²) in [5, 5.41) is 48.0. The van der Waals surface area contributed by atoms with Crippen LogP contribution in [0.25, 0.3) is 0 Å². The molecule has 0 aliphatic carbocycles. The molecule has 1 aromatic heterocycles. The molecule has 1 heterocycles. The maximum absolute atomic E-state index is 14.1. The zero-order valence-electron chi connectivity index (χ0n) is 43.4.